The molecule has 7 nitrogen and oxygen atoms in total. The highest BCUT2D eigenvalue weighted by atomic mass is 32.1. The number of carbonyl (C=O) groups is 1. The van der Waals surface area contributed by atoms with Crippen molar-refractivity contribution in [1.29, 1.82) is 0 Å². The molecule has 2 aromatic carbocycles. The van der Waals surface area contributed by atoms with Gasteiger partial charge in [0.15, 0.2) is 10.8 Å². The Bertz CT molecular complexity index is 1280. The Morgan fingerprint density at radius 1 is 1.13 bits per heavy atom. The van der Waals surface area contributed by atoms with Crippen LogP contribution in [0.2, 0.25) is 0 Å². The lowest BCUT2D eigenvalue weighted by atomic mass is 10.1. The van der Waals surface area contributed by atoms with Crippen LogP contribution >= 0.6 is 11.3 Å². The lowest BCUT2D eigenvalue weighted by Crippen LogP contribution is -2.26. The Morgan fingerprint density at radius 2 is 1.87 bits per heavy atom. The number of aryl methyl sites for hydroxylation is 2. The largest absolute Gasteiger partial charge is 0.454 e. The van der Waals surface area contributed by atoms with Crippen LogP contribution in [0.25, 0.3) is 10.8 Å². The smallest absolute Gasteiger partial charge is 0.359 e. The molecule has 158 valence electrons. The average Bonchev–Trinajstić information content (AvgIpc) is 3.23. The Morgan fingerprint density at radius 3 is 2.61 bits per heavy atom. The van der Waals surface area contributed by atoms with Crippen LogP contribution in [0.4, 0.5) is 10.8 Å². The molecule has 4 aromatic rings. The maximum absolute atomic E-state index is 12.8. The van der Waals surface area contributed by atoms with Crippen molar-refractivity contribution in [1.82, 2.24) is 14.8 Å². The summed E-state index contributed by atoms with van der Waals surface area (Å²) in [5.41, 5.74) is 2.69. The fourth-order valence-electron chi connectivity index (χ4n) is 3.15. The zero-order chi connectivity index (χ0) is 21.8. The molecule has 2 aromatic heterocycles. The van der Waals surface area contributed by atoms with Crippen LogP contribution < -0.4 is 10.9 Å². The summed E-state index contributed by atoms with van der Waals surface area (Å²) in [5.74, 6) is -0.581. The molecule has 4 rings (SSSR count). The molecule has 0 aliphatic carbocycles. The number of fused-ring (bicyclic) bond motifs is 1. The Kier molecular flexibility index (Phi) is 6.08. The molecular weight excluding hydrogens is 412 g/mol. The number of hydrogen-bond donors (Lipinski definition) is 1. The number of nitrogens with one attached hydrogen (secondary N) is 1. The first-order valence-electron chi connectivity index (χ1n) is 10.00. The fourth-order valence-corrected chi connectivity index (χ4v) is 3.86. The van der Waals surface area contributed by atoms with E-state index < -0.39 is 5.97 Å². The second kappa shape index (κ2) is 9.09. The van der Waals surface area contributed by atoms with Gasteiger partial charge in [0.1, 0.15) is 6.61 Å². The van der Waals surface area contributed by atoms with Gasteiger partial charge in [0.2, 0.25) is 0 Å². The number of hydrogen-bond acceptors (Lipinski definition) is 7. The van der Waals surface area contributed by atoms with Crippen molar-refractivity contribution < 1.29 is 9.53 Å². The molecule has 0 fully saturated rings. The van der Waals surface area contributed by atoms with Crippen LogP contribution in [0.5, 0.6) is 0 Å². The first-order valence-corrected chi connectivity index (χ1v) is 10.9. The molecule has 0 bridgehead atoms. The Labute approximate surface area is 183 Å². The molecule has 0 aliphatic rings. The van der Waals surface area contributed by atoms with Crippen LogP contribution in [0.15, 0.2) is 58.7 Å². The van der Waals surface area contributed by atoms with Crippen molar-refractivity contribution in [2.24, 2.45) is 0 Å². The van der Waals surface area contributed by atoms with Gasteiger partial charge in [0, 0.05) is 23.0 Å². The van der Waals surface area contributed by atoms with E-state index in [-0.39, 0.29) is 17.9 Å². The molecule has 0 atom stereocenters. The van der Waals surface area contributed by atoms with Gasteiger partial charge in [-0.2, -0.15) is 5.10 Å². The summed E-state index contributed by atoms with van der Waals surface area (Å²) in [4.78, 5) is 29.8. The third-order valence-corrected chi connectivity index (χ3v) is 5.51. The number of thiazole rings is 1. The molecule has 0 radical (unpaired) electrons. The van der Waals surface area contributed by atoms with Crippen molar-refractivity contribution in [3.05, 3.63) is 81.2 Å². The monoisotopic (exact) mass is 434 g/mol. The van der Waals surface area contributed by atoms with Gasteiger partial charge >= 0.3 is 5.97 Å². The molecule has 8 heteroatoms. The maximum atomic E-state index is 12.8. The lowest BCUT2D eigenvalue weighted by molar-refractivity contribution is 0.0461. The van der Waals surface area contributed by atoms with Crippen LogP contribution in [0, 0.1) is 6.92 Å². The summed E-state index contributed by atoms with van der Waals surface area (Å²) >= 11 is 1.44. The second-order valence-electron chi connectivity index (χ2n) is 7.13. The van der Waals surface area contributed by atoms with Crippen molar-refractivity contribution in [3.63, 3.8) is 0 Å². The van der Waals surface area contributed by atoms with E-state index in [4.69, 9.17) is 4.74 Å². The highest BCUT2D eigenvalue weighted by Crippen LogP contribution is 2.22. The number of ether oxygens (including phenoxy) is 1. The molecule has 0 saturated heterocycles. The van der Waals surface area contributed by atoms with Crippen LogP contribution in [-0.2, 0) is 17.9 Å². The molecular formula is C23H22N4O3S. The first kappa shape index (κ1) is 20.7. The molecule has 0 aliphatic heterocycles. The third-order valence-electron chi connectivity index (χ3n) is 4.70. The third kappa shape index (κ3) is 4.64. The quantitative estimate of drug-likeness (QED) is 0.425. The van der Waals surface area contributed by atoms with Gasteiger partial charge in [-0.3, -0.25) is 4.79 Å². The number of nitrogens with zero attached hydrogens (tertiary/aromatic N) is 3. The van der Waals surface area contributed by atoms with Gasteiger partial charge in [-0.1, -0.05) is 42.8 Å². The maximum Gasteiger partial charge on any atom is 0.359 e. The highest BCUT2D eigenvalue weighted by molar-refractivity contribution is 7.13. The summed E-state index contributed by atoms with van der Waals surface area (Å²) in [6.45, 7) is 4.44. The number of benzene rings is 2. The first-order chi connectivity index (χ1) is 15.0. The fraction of sp³-hybridized carbons (Fsp3) is 0.217. The minimum atomic E-state index is -0.581. The van der Waals surface area contributed by atoms with Gasteiger partial charge in [0.25, 0.3) is 5.56 Å². The van der Waals surface area contributed by atoms with Crippen molar-refractivity contribution in [2.45, 2.75) is 33.4 Å². The molecule has 0 spiro atoms. The van der Waals surface area contributed by atoms with E-state index in [9.17, 15) is 9.59 Å². The number of esters is 1. The Balaban J connectivity index is 1.50. The van der Waals surface area contributed by atoms with E-state index in [2.05, 4.69) is 15.4 Å². The average molecular weight is 435 g/mol. The van der Waals surface area contributed by atoms with Crippen LogP contribution in [0.1, 0.15) is 35.1 Å². The van der Waals surface area contributed by atoms with E-state index >= 15 is 0 Å². The molecule has 31 heavy (non-hydrogen) atoms. The summed E-state index contributed by atoms with van der Waals surface area (Å²) in [5, 5.41) is 11.0. The van der Waals surface area contributed by atoms with Crippen LogP contribution in [0.3, 0.4) is 0 Å². The molecule has 0 unspecified atom stereocenters. The summed E-state index contributed by atoms with van der Waals surface area (Å²) in [6.07, 6.45) is 0.731. The molecule has 2 heterocycles. The predicted octanol–water partition coefficient (Wildman–Crippen LogP) is 4.67. The van der Waals surface area contributed by atoms with Crippen molar-refractivity contribution in [3.8, 4) is 0 Å². The number of anilines is 2. The van der Waals surface area contributed by atoms with Gasteiger partial charge in [-0.15, -0.1) is 11.3 Å². The Hall–Kier alpha value is -3.52. The highest BCUT2D eigenvalue weighted by Gasteiger charge is 2.18. The zero-order valence-electron chi connectivity index (χ0n) is 17.3. The van der Waals surface area contributed by atoms with Gasteiger partial charge < -0.3 is 10.1 Å². The molecule has 0 saturated carbocycles. The van der Waals surface area contributed by atoms with Crippen molar-refractivity contribution >= 4 is 38.9 Å². The number of carbonyl (C=O) groups excluding carboxylic acids is 1. The van der Waals surface area contributed by atoms with E-state index in [0.717, 1.165) is 17.2 Å². The SMILES string of the molecule is CCCn1nc(C(=O)OCc2csc(Nc3ccc(C)cc3)n2)c2ccccc2c1=O. The normalized spacial score (nSPS) is 10.9. The lowest BCUT2D eigenvalue weighted by Gasteiger charge is -2.10. The standard InChI is InChI=1S/C23H22N4O3S/c1-3-12-27-21(28)19-7-5-4-6-18(19)20(26-27)22(29)30-13-17-14-31-23(25-17)24-16-10-8-15(2)9-11-16/h4-11,14H,3,12-13H2,1-2H3,(H,24,25). The van der Waals surface area contributed by atoms with Gasteiger partial charge in [0.05, 0.1) is 11.1 Å². The molecule has 1 N–H and O–H groups in total. The van der Waals surface area contributed by atoms with Crippen LogP contribution in [-0.4, -0.2) is 20.7 Å². The second-order valence-corrected chi connectivity index (χ2v) is 7.99. The minimum absolute atomic E-state index is 0.0216. The summed E-state index contributed by atoms with van der Waals surface area (Å²) in [6, 6.07) is 15.0. The summed E-state index contributed by atoms with van der Waals surface area (Å²) < 4.78 is 6.80. The van der Waals surface area contributed by atoms with Crippen molar-refractivity contribution in [2.75, 3.05) is 5.32 Å². The molecule has 0 amide bonds. The minimum Gasteiger partial charge on any atom is -0.454 e. The van der Waals surface area contributed by atoms with Gasteiger partial charge in [-0.05, 0) is 31.5 Å². The van der Waals surface area contributed by atoms with Gasteiger partial charge in [-0.25, -0.2) is 14.5 Å². The van der Waals surface area contributed by atoms with E-state index in [1.807, 2.05) is 43.5 Å². The number of aromatic nitrogens is 3. The van der Waals surface area contributed by atoms with E-state index in [1.54, 1.807) is 24.3 Å². The topological polar surface area (TPSA) is 86.1 Å². The number of rotatable bonds is 7. The zero-order valence-corrected chi connectivity index (χ0v) is 18.1. The summed E-state index contributed by atoms with van der Waals surface area (Å²) in [7, 11) is 0. The van der Waals surface area contributed by atoms with E-state index in [1.165, 1.54) is 21.6 Å². The predicted molar refractivity (Wildman–Crippen MR) is 122 cm³/mol. The van der Waals surface area contributed by atoms with E-state index in [0.29, 0.717) is 23.0 Å².